The van der Waals surface area contributed by atoms with Crippen LogP contribution in [0.3, 0.4) is 0 Å². The number of aryl methyl sites for hydroxylation is 1. The van der Waals surface area contributed by atoms with Crippen LogP contribution in [0, 0.1) is 27.0 Å². The standard InChI is InChI=1S/C28H22N6O2S/c1-16-24(15-29-3)37-28-25(16)26(19-7-9-20(30-4)10-8-19)31-23(27-33-32-17(2)34(27)28)14-22(36)13-18-5-11-21(35)12-6-18/h5-12,23,35H,13-15H2,1-2H3/t23-/m0/s1. The third-order valence-corrected chi connectivity index (χ3v) is 7.61. The van der Waals surface area contributed by atoms with Crippen LogP contribution in [0.5, 0.6) is 5.75 Å². The molecule has 4 aromatic rings. The van der Waals surface area contributed by atoms with E-state index in [-0.39, 0.29) is 30.9 Å². The maximum Gasteiger partial charge on any atom is 0.249 e. The fraction of sp³-hybridized carbons (Fsp3) is 0.214. The number of aromatic nitrogens is 3. The van der Waals surface area contributed by atoms with Crippen LogP contribution in [0.2, 0.25) is 0 Å². The van der Waals surface area contributed by atoms with E-state index in [0.717, 1.165) is 32.1 Å². The largest absolute Gasteiger partial charge is 0.508 e. The van der Waals surface area contributed by atoms with Crippen molar-refractivity contribution < 1.29 is 9.90 Å². The number of aliphatic imine (C=N–C) groups is 1. The van der Waals surface area contributed by atoms with E-state index in [1.807, 2.05) is 30.5 Å². The summed E-state index contributed by atoms with van der Waals surface area (Å²) >= 11 is 1.52. The fourth-order valence-corrected chi connectivity index (χ4v) is 5.79. The van der Waals surface area contributed by atoms with Gasteiger partial charge in [-0.05, 0) is 42.7 Å². The molecule has 8 nitrogen and oxygen atoms in total. The van der Waals surface area contributed by atoms with Crippen LogP contribution in [0.1, 0.15) is 51.2 Å². The molecule has 0 fully saturated rings. The van der Waals surface area contributed by atoms with E-state index in [0.29, 0.717) is 23.0 Å². The lowest BCUT2D eigenvalue weighted by molar-refractivity contribution is -0.118. The molecular weight excluding hydrogens is 484 g/mol. The van der Waals surface area contributed by atoms with Crippen molar-refractivity contribution in [3.05, 3.63) is 110 Å². The molecule has 1 atom stereocenters. The highest BCUT2D eigenvalue weighted by atomic mass is 32.1. The first kappa shape index (κ1) is 24.1. The van der Waals surface area contributed by atoms with Gasteiger partial charge in [0.1, 0.15) is 28.4 Å². The zero-order valence-corrected chi connectivity index (χ0v) is 21.1. The normalized spacial score (nSPS) is 14.1. The quantitative estimate of drug-likeness (QED) is 0.339. The number of carbonyl (C=O) groups excluding carboxylic acids is 1. The Kier molecular flexibility index (Phi) is 6.39. The summed E-state index contributed by atoms with van der Waals surface area (Å²) in [6, 6.07) is 13.3. The number of aromatic hydroxyl groups is 1. The predicted octanol–water partition coefficient (Wildman–Crippen LogP) is 5.72. The van der Waals surface area contributed by atoms with Crippen molar-refractivity contribution >= 4 is 28.5 Å². The summed E-state index contributed by atoms with van der Waals surface area (Å²) in [6.45, 7) is 18.8. The van der Waals surface area contributed by atoms with Crippen molar-refractivity contribution in [2.75, 3.05) is 0 Å². The molecule has 3 heterocycles. The molecule has 0 radical (unpaired) electrons. The van der Waals surface area contributed by atoms with Gasteiger partial charge in [-0.25, -0.2) is 11.4 Å². The lowest BCUT2D eigenvalue weighted by Crippen LogP contribution is -2.13. The Labute approximate surface area is 218 Å². The summed E-state index contributed by atoms with van der Waals surface area (Å²) in [6.07, 6.45) is 0.343. The van der Waals surface area contributed by atoms with Gasteiger partial charge in [0, 0.05) is 18.4 Å². The van der Waals surface area contributed by atoms with Crippen LogP contribution in [-0.2, 0) is 17.8 Å². The number of nitrogens with zero attached hydrogens (tertiary/aromatic N) is 6. The van der Waals surface area contributed by atoms with Gasteiger partial charge in [-0.2, -0.15) is 0 Å². The number of hydrogen-bond donors (Lipinski definition) is 1. The molecule has 2 aromatic carbocycles. The van der Waals surface area contributed by atoms with Crippen molar-refractivity contribution in [1.29, 1.82) is 0 Å². The topological polar surface area (TPSA) is 89.1 Å². The number of hydrogen-bond acceptors (Lipinski definition) is 6. The lowest BCUT2D eigenvalue weighted by Gasteiger charge is -2.12. The van der Waals surface area contributed by atoms with Crippen molar-refractivity contribution in [3.8, 4) is 10.8 Å². The molecule has 2 aromatic heterocycles. The van der Waals surface area contributed by atoms with Crippen LogP contribution < -0.4 is 0 Å². The Balaban J connectivity index is 1.63. The number of thiophene rings is 1. The lowest BCUT2D eigenvalue weighted by atomic mass is 9.98. The van der Waals surface area contributed by atoms with E-state index in [1.165, 1.54) is 11.3 Å². The molecular formula is C28H22N6O2S. The summed E-state index contributed by atoms with van der Waals surface area (Å²) in [5, 5.41) is 19.2. The first-order valence-electron chi connectivity index (χ1n) is 11.6. The number of benzene rings is 2. The summed E-state index contributed by atoms with van der Waals surface area (Å²) in [4.78, 5) is 26.4. The fourth-order valence-electron chi connectivity index (χ4n) is 4.51. The van der Waals surface area contributed by atoms with Gasteiger partial charge in [0.25, 0.3) is 0 Å². The van der Waals surface area contributed by atoms with Crippen molar-refractivity contribution in [3.63, 3.8) is 0 Å². The Morgan fingerprint density at radius 2 is 1.81 bits per heavy atom. The molecule has 0 amide bonds. The average molecular weight is 507 g/mol. The van der Waals surface area contributed by atoms with E-state index >= 15 is 0 Å². The first-order chi connectivity index (χ1) is 17.9. The molecule has 182 valence electrons. The molecule has 1 N–H and O–H groups in total. The molecule has 0 bridgehead atoms. The number of phenols is 1. The van der Waals surface area contributed by atoms with E-state index in [2.05, 4.69) is 19.9 Å². The van der Waals surface area contributed by atoms with E-state index in [4.69, 9.17) is 18.1 Å². The van der Waals surface area contributed by atoms with E-state index < -0.39 is 6.04 Å². The maximum atomic E-state index is 13.2. The van der Waals surface area contributed by atoms with Crippen molar-refractivity contribution in [1.82, 2.24) is 14.8 Å². The molecule has 0 saturated heterocycles. The smallest absolute Gasteiger partial charge is 0.249 e. The third-order valence-electron chi connectivity index (χ3n) is 6.35. The van der Waals surface area contributed by atoms with Gasteiger partial charge in [0.15, 0.2) is 11.5 Å². The minimum atomic E-state index is -0.565. The highest BCUT2D eigenvalue weighted by Crippen LogP contribution is 2.40. The summed E-state index contributed by atoms with van der Waals surface area (Å²) in [5.41, 5.74) is 4.75. The Morgan fingerprint density at radius 3 is 2.49 bits per heavy atom. The second-order valence-electron chi connectivity index (χ2n) is 8.83. The second-order valence-corrected chi connectivity index (χ2v) is 9.91. The Hall–Kier alpha value is -4.60. The number of fused-ring (bicyclic) bond motifs is 3. The molecule has 0 spiro atoms. The van der Waals surface area contributed by atoms with Gasteiger partial charge in [0.05, 0.1) is 17.2 Å². The Morgan fingerprint density at radius 1 is 1.08 bits per heavy atom. The summed E-state index contributed by atoms with van der Waals surface area (Å²) in [5.74, 6) is 1.41. The van der Waals surface area contributed by atoms with Crippen LogP contribution >= 0.6 is 11.3 Å². The van der Waals surface area contributed by atoms with Crippen LogP contribution in [0.4, 0.5) is 5.69 Å². The third kappa shape index (κ3) is 4.53. The van der Waals surface area contributed by atoms with E-state index in [1.54, 1.807) is 36.4 Å². The van der Waals surface area contributed by atoms with Gasteiger partial charge >= 0.3 is 0 Å². The van der Waals surface area contributed by atoms with Gasteiger partial charge in [-0.1, -0.05) is 36.4 Å². The van der Waals surface area contributed by atoms with Crippen LogP contribution in [-0.4, -0.2) is 31.4 Å². The molecule has 5 rings (SSSR count). The zero-order chi connectivity index (χ0) is 26.1. The molecule has 9 heteroatoms. The van der Waals surface area contributed by atoms with Gasteiger partial charge in [0.2, 0.25) is 6.54 Å². The molecule has 0 saturated carbocycles. The van der Waals surface area contributed by atoms with Crippen molar-refractivity contribution in [2.45, 2.75) is 39.3 Å². The molecule has 1 aliphatic rings. The Bertz CT molecular complexity index is 1620. The molecule has 0 unspecified atom stereocenters. The highest BCUT2D eigenvalue weighted by molar-refractivity contribution is 7.15. The summed E-state index contributed by atoms with van der Waals surface area (Å²) < 4.78 is 1.96. The maximum absolute atomic E-state index is 13.2. The number of phenolic OH excluding ortho intramolecular Hbond substituents is 1. The number of Topliss-reactive ketones (excluding diaryl/α,β-unsaturated/α-hetero) is 1. The van der Waals surface area contributed by atoms with Gasteiger partial charge < -0.3 is 9.95 Å². The van der Waals surface area contributed by atoms with Crippen molar-refractivity contribution in [2.24, 2.45) is 4.99 Å². The minimum absolute atomic E-state index is 0.00924. The van der Waals surface area contributed by atoms with Gasteiger partial charge in [-0.3, -0.25) is 14.4 Å². The molecule has 0 aliphatic carbocycles. The monoisotopic (exact) mass is 506 g/mol. The predicted molar refractivity (Wildman–Crippen MR) is 142 cm³/mol. The molecule has 1 aliphatic heterocycles. The highest BCUT2D eigenvalue weighted by Gasteiger charge is 2.33. The number of carbonyl (C=O) groups is 1. The van der Waals surface area contributed by atoms with Crippen LogP contribution in [0.15, 0.2) is 53.5 Å². The number of rotatable bonds is 6. The van der Waals surface area contributed by atoms with E-state index in [9.17, 15) is 9.90 Å². The van der Waals surface area contributed by atoms with Gasteiger partial charge in [-0.15, -0.1) is 21.5 Å². The zero-order valence-electron chi connectivity index (χ0n) is 20.3. The first-order valence-corrected chi connectivity index (χ1v) is 12.4. The summed E-state index contributed by atoms with van der Waals surface area (Å²) in [7, 11) is 0. The number of ketones is 1. The second kappa shape index (κ2) is 9.81. The van der Waals surface area contributed by atoms with Crippen LogP contribution in [0.25, 0.3) is 14.7 Å². The minimum Gasteiger partial charge on any atom is -0.508 e. The SMILES string of the molecule is [C-]#[N+]Cc1sc2c(c1C)C(c1ccc([N+]#[C-])cc1)=N[C@@H](CC(=O)Cc1ccc(O)cc1)c1nnc(C)n1-2. The average Bonchev–Trinajstić information content (AvgIpc) is 3.38. The molecule has 37 heavy (non-hydrogen) atoms.